The van der Waals surface area contributed by atoms with Gasteiger partial charge in [0.1, 0.15) is 5.52 Å². The number of carbonyl (C=O) groups is 1. The number of β-amino-alcohol motifs (C(OH)–C–C–N with tert-alkyl or cyclic N) is 2. The average molecular weight is 259 g/mol. The Morgan fingerprint density at radius 1 is 1.16 bits per heavy atom. The maximum Gasteiger partial charge on any atom is 0.256 e. The summed E-state index contributed by atoms with van der Waals surface area (Å²) < 4.78 is 0. The normalized spacial score (nSPS) is 22.9. The Morgan fingerprint density at radius 2 is 1.84 bits per heavy atom. The van der Waals surface area contributed by atoms with Crippen LogP contribution in [0.3, 0.4) is 0 Å². The van der Waals surface area contributed by atoms with Gasteiger partial charge in [-0.25, -0.2) is 0 Å². The molecule has 2 unspecified atom stereocenters. The van der Waals surface area contributed by atoms with Gasteiger partial charge in [0.05, 0.1) is 23.3 Å². The van der Waals surface area contributed by atoms with Gasteiger partial charge in [-0.15, -0.1) is 0 Å². The van der Waals surface area contributed by atoms with Gasteiger partial charge in [-0.05, 0) is 12.1 Å². The number of aliphatic hydroxyl groups excluding tert-OH is 2. The first kappa shape index (κ1) is 12.0. The summed E-state index contributed by atoms with van der Waals surface area (Å²) >= 11 is 0. The predicted molar refractivity (Wildman–Crippen MR) is 67.5 cm³/mol. The molecule has 0 aliphatic carbocycles. The first-order valence-corrected chi connectivity index (χ1v) is 6.02. The van der Waals surface area contributed by atoms with Gasteiger partial charge in [-0.3, -0.25) is 14.8 Å². The number of fused-ring (bicyclic) bond motifs is 1. The van der Waals surface area contributed by atoms with Crippen LogP contribution in [0.15, 0.2) is 30.6 Å². The molecule has 1 aromatic heterocycles. The number of likely N-dealkylation sites (tertiary alicyclic amines) is 1. The third kappa shape index (κ3) is 2.05. The lowest BCUT2D eigenvalue weighted by Gasteiger charge is -2.15. The van der Waals surface area contributed by atoms with E-state index in [9.17, 15) is 15.0 Å². The van der Waals surface area contributed by atoms with Gasteiger partial charge in [0, 0.05) is 25.5 Å². The standard InChI is InChI=1S/C13H13N3O3/c17-10-6-16(7-11(10)18)13(19)8-2-1-3-9-12(8)15-5-4-14-9/h1-5,10-11,17-18H,6-7H2. The number of para-hydroxylation sites is 1. The fourth-order valence-corrected chi connectivity index (χ4v) is 2.27. The van der Waals surface area contributed by atoms with Gasteiger partial charge in [0.2, 0.25) is 0 Å². The molecule has 0 radical (unpaired) electrons. The number of amides is 1. The number of carbonyl (C=O) groups excluding carboxylic acids is 1. The van der Waals surface area contributed by atoms with Gasteiger partial charge in [0.15, 0.2) is 0 Å². The van der Waals surface area contributed by atoms with Gasteiger partial charge >= 0.3 is 0 Å². The maximum atomic E-state index is 12.4. The molecule has 1 aliphatic rings. The van der Waals surface area contributed by atoms with E-state index < -0.39 is 12.2 Å². The molecule has 2 heterocycles. The molecule has 1 amide bonds. The monoisotopic (exact) mass is 259 g/mol. The van der Waals surface area contributed by atoms with Crippen LogP contribution in [0.2, 0.25) is 0 Å². The topological polar surface area (TPSA) is 86.6 Å². The molecule has 3 rings (SSSR count). The molecule has 19 heavy (non-hydrogen) atoms. The fraction of sp³-hybridized carbons (Fsp3) is 0.308. The van der Waals surface area contributed by atoms with Crippen molar-refractivity contribution in [2.45, 2.75) is 12.2 Å². The minimum atomic E-state index is -0.884. The highest BCUT2D eigenvalue weighted by molar-refractivity contribution is 6.04. The van der Waals surface area contributed by atoms with Gasteiger partial charge in [-0.2, -0.15) is 0 Å². The van der Waals surface area contributed by atoms with Crippen molar-refractivity contribution in [1.82, 2.24) is 14.9 Å². The van der Waals surface area contributed by atoms with E-state index in [1.54, 1.807) is 24.4 Å². The van der Waals surface area contributed by atoms with E-state index in [1.807, 2.05) is 0 Å². The number of benzene rings is 1. The summed E-state index contributed by atoms with van der Waals surface area (Å²) in [6, 6.07) is 5.20. The van der Waals surface area contributed by atoms with E-state index in [0.29, 0.717) is 16.6 Å². The summed E-state index contributed by atoms with van der Waals surface area (Å²) in [5, 5.41) is 19.0. The van der Waals surface area contributed by atoms with Crippen LogP contribution >= 0.6 is 0 Å². The molecule has 1 aromatic carbocycles. The third-order valence-corrected chi connectivity index (χ3v) is 3.28. The van der Waals surface area contributed by atoms with Crippen molar-refractivity contribution in [2.75, 3.05) is 13.1 Å². The molecule has 2 atom stereocenters. The first-order chi connectivity index (χ1) is 9.16. The van der Waals surface area contributed by atoms with Crippen LogP contribution in [0.1, 0.15) is 10.4 Å². The first-order valence-electron chi connectivity index (χ1n) is 6.02. The summed E-state index contributed by atoms with van der Waals surface area (Å²) in [4.78, 5) is 22.1. The minimum absolute atomic E-state index is 0.136. The summed E-state index contributed by atoms with van der Waals surface area (Å²) in [6.45, 7) is 0.271. The van der Waals surface area contributed by atoms with Crippen LogP contribution < -0.4 is 0 Å². The Hall–Kier alpha value is -2.05. The second-order valence-corrected chi connectivity index (χ2v) is 4.57. The highest BCUT2D eigenvalue weighted by Gasteiger charge is 2.33. The Bertz CT molecular complexity index is 616. The molecule has 1 saturated heterocycles. The minimum Gasteiger partial charge on any atom is -0.388 e. The molecule has 2 aromatic rings. The quantitative estimate of drug-likeness (QED) is 0.741. The highest BCUT2D eigenvalue weighted by atomic mass is 16.3. The molecule has 1 fully saturated rings. The lowest BCUT2D eigenvalue weighted by atomic mass is 10.1. The zero-order valence-electron chi connectivity index (χ0n) is 10.1. The zero-order valence-corrected chi connectivity index (χ0v) is 10.1. The highest BCUT2D eigenvalue weighted by Crippen LogP contribution is 2.19. The molecule has 1 aliphatic heterocycles. The van der Waals surface area contributed by atoms with E-state index in [2.05, 4.69) is 9.97 Å². The van der Waals surface area contributed by atoms with E-state index in [4.69, 9.17) is 0 Å². The van der Waals surface area contributed by atoms with Crippen molar-refractivity contribution in [3.63, 3.8) is 0 Å². The molecule has 2 N–H and O–H groups in total. The SMILES string of the molecule is O=C(c1cccc2nccnc12)N1CC(O)C(O)C1. The number of nitrogens with zero attached hydrogens (tertiary/aromatic N) is 3. The molecule has 6 heteroatoms. The van der Waals surface area contributed by atoms with Gasteiger partial charge in [-0.1, -0.05) is 6.07 Å². The van der Waals surface area contributed by atoms with E-state index in [0.717, 1.165) is 0 Å². The van der Waals surface area contributed by atoms with Crippen LogP contribution in [0.4, 0.5) is 0 Å². The van der Waals surface area contributed by atoms with E-state index >= 15 is 0 Å². The predicted octanol–water partition coefficient (Wildman–Crippen LogP) is -0.193. The van der Waals surface area contributed by atoms with E-state index in [1.165, 1.54) is 11.1 Å². The van der Waals surface area contributed by atoms with Crippen molar-refractivity contribution < 1.29 is 15.0 Å². The molecular formula is C13H13N3O3. The van der Waals surface area contributed by atoms with E-state index in [-0.39, 0.29) is 19.0 Å². The summed E-state index contributed by atoms with van der Waals surface area (Å²) in [5.41, 5.74) is 1.62. The lowest BCUT2D eigenvalue weighted by Crippen LogP contribution is -2.30. The zero-order chi connectivity index (χ0) is 13.4. The molecule has 98 valence electrons. The molecule has 0 spiro atoms. The van der Waals surface area contributed by atoms with Crippen molar-refractivity contribution >= 4 is 16.9 Å². The Kier molecular flexibility index (Phi) is 2.88. The Labute approximate surface area is 109 Å². The van der Waals surface area contributed by atoms with Gasteiger partial charge in [0.25, 0.3) is 5.91 Å². The number of hydrogen-bond acceptors (Lipinski definition) is 5. The van der Waals surface area contributed by atoms with Crippen LogP contribution in [0.25, 0.3) is 11.0 Å². The smallest absolute Gasteiger partial charge is 0.256 e. The molecule has 0 bridgehead atoms. The fourth-order valence-electron chi connectivity index (χ4n) is 2.27. The number of aromatic nitrogens is 2. The number of hydrogen-bond donors (Lipinski definition) is 2. The number of aliphatic hydroxyl groups is 2. The van der Waals surface area contributed by atoms with Crippen molar-refractivity contribution in [3.8, 4) is 0 Å². The van der Waals surface area contributed by atoms with Crippen LogP contribution in [0, 0.1) is 0 Å². The van der Waals surface area contributed by atoms with Crippen molar-refractivity contribution in [2.24, 2.45) is 0 Å². The van der Waals surface area contributed by atoms with Crippen molar-refractivity contribution in [3.05, 3.63) is 36.2 Å². The summed E-state index contributed by atoms with van der Waals surface area (Å²) in [7, 11) is 0. The second-order valence-electron chi connectivity index (χ2n) is 4.57. The van der Waals surface area contributed by atoms with Crippen molar-refractivity contribution in [1.29, 1.82) is 0 Å². The molecule has 6 nitrogen and oxygen atoms in total. The maximum absolute atomic E-state index is 12.4. The van der Waals surface area contributed by atoms with Crippen LogP contribution in [-0.4, -0.2) is 56.3 Å². The van der Waals surface area contributed by atoms with Crippen LogP contribution in [-0.2, 0) is 0 Å². The van der Waals surface area contributed by atoms with Gasteiger partial charge < -0.3 is 15.1 Å². The van der Waals surface area contributed by atoms with Crippen LogP contribution in [0.5, 0.6) is 0 Å². The summed E-state index contributed by atoms with van der Waals surface area (Å²) in [6.07, 6.45) is 1.34. The molecule has 0 saturated carbocycles. The third-order valence-electron chi connectivity index (χ3n) is 3.28. The average Bonchev–Trinajstić information content (AvgIpc) is 2.77. The number of rotatable bonds is 1. The Morgan fingerprint density at radius 3 is 2.58 bits per heavy atom. The largest absolute Gasteiger partial charge is 0.388 e. The molecular weight excluding hydrogens is 246 g/mol. The summed E-state index contributed by atoms with van der Waals surface area (Å²) in [5.74, 6) is -0.248. The Balaban J connectivity index is 1.98. The lowest BCUT2D eigenvalue weighted by molar-refractivity contribution is 0.0572. The second kappa shape index (κ2) is 4.56.